The zero-order chi connectivity index (χ0) is 17.0. The summed E-state index contributed by atoms with van der Waals surface area (Å²) >= 11 is 0. The molecule has 9 nitrogen and oxygen atoms in total. The Kier molecular flexibility index (Phi) is 4.55. The Balaban J connectivity index is 2.48. The molecular weight excluding hydrogens is 322 g/mol. The summed E-state index contributed by atoms with van der Waals surface area (Å²) in [4.78, 5) is 22.7. The van der Waals surface area contributed by atoms with Gasteiger partial charge in [-0.25, -0.2) is 13.4 Å². The molecule has 0 atom stereocenters. The summed E-state index contributed by atoms with van der Waals surface area (Å²) in [7, 11) is -3.67. The maximum Gasteiger partial charge on any atom is 0.280 e. The highest BCUT2D eigenvalue weighted by atomic mass is 32.2. The van der Waals surface area contributed by atoms with Gasteiger partial charge < -0.3 is 16.2 Å². The molecule has 1 aromatic heterocycles. The maximum absolute atomic E-state index is 11.9. The number of rotatable bonds is 4. The van der Waals surface area contributed by atoms with Crippen LogP contribution in [0.5, 0.6) is 11.6 Å². The van der Waals surface area contributed by atoms with E-state index in [9.17, 15) is 13.2 Å². The normalized spacial score (nSPS) is 10.8. The summed E-state index contributed by atoms with van der Waals surface area (Å²) in [5, 5.41) is 0. The Bertz CT molecular complexity index is 861. The van der Waals surface area contributed by atoms with Gasteiger partial charge in [0.05, 0.1) is 6.20 Å². The summed E-state index contributed by atoms with van der Waals surface area (Å²) in [6, 6.07) is 3.80. The van der Waals surface area contributed by atoms with Crippen LogP contribution in [0.2, 0.25) is 0 Å². The first-order chi connectivity index (χ1) is 10.8. The number of nitrogens with two attached hydrogens (primary N) is 2. The molecule has 1 amide bonds. The van der Waals surface area contributed by atoms with Crippen molar-refractivity contribution in [2.75, 3.05) is 6.26 Å². The van der Waals surface area contributed by atoms with Gasteiger partial charge in [-0.3, -0.25) is 9.78 Å². The third-order valence-corrected chi connectivity index (χ3v) is 3.69. The van der Waals surface area contributed by atoms with E-state index in [4.69, 9.17) is 16.2 Å². The number of ether oxygens (including phenoxy) is 1. The van der Waals surface area contributed by atoms with Crippen LogP contribution in [-0.2, 0) is 9.84 Å². The second-order valence-electron chi connectivity index (χ2n) is 4.42. The molecule has 0 bridgehead atoms. The Morgan fingerprint density at radius 2 is 2.00 bits per heavy atom. The first-order valence-electron chi connectivity index (χ1n) is 6.19. The molecule has 0 radical (unpaired) electrons. The number of nitrogens with zero attached hydrogens (tertiary/aromatic N) is 3. The number of amides is 1. The lowest BCUT2D eigenvalue weighted by molar-refractivity contribution is 0.100. The van der Waals surface area contributed by atoms with Gasteiger partial charge in [0.25, 0.3) is 5.91 Å². The van der Waals surface area contributed by atoms with E-state index >= 15 is 0 Å². The monoisotopic (exact) mass is 335 g/mol. The summed E-state index contributed by atoms with van der Waals surface area (Å²) in [6.45, 7) is 0. The van der Waals surface area contributed by atoms with Crippen LogP contribution in [0.3, 0.4) is 0 Å². The van der Waals surface area contributed by atoms with Gasteiger partial charge in [0, 0.05) is 24.2 Å². The van der Waals surface area contributed by atoms with Crippen molar-refractivity contribution >= 4 is 21.7 Å². The van der Waals surface area contributed by atoms with Crippen molar-refractivity contribution in [1.82, 2.24) is 9.97 Å². The van der Waals surface area contributed by atoms with E-state index < -0.39 is 21.7 Å². The predicted octanol–water partition coefficient (Wildman–Crippen LogP) is 0.0860. The van der Waals surface area contributed by atoms with Gasteiger partial charge >= 0.3 is 0 Å². The van der Waals surface area contributed by atoms with E-state index in [0.29, 0.717) is 0 Å². The van der Waals surface area contributed by atoms with Crippen LogP contribution >= 0.6 is 0 Å². The number of benzene rings is 1. The van der Waals surface area contributed by atoms with Crippen LogP contribution in [0.25, 0.3) is 0 Å². The van der Waals surface area contributed by atoms with Crippen molar-refractivity contribution in [3.63, 3.8) is 0 Å². The van der Waals surface area contributed by atoms with Crippen molar-refractivity contribution in [2.24, 2.45) is 16.5 Å². The molecule has 1 aromatic carbocycles. The van der Waals surface area contributed by atoms with E-state index in [2.05, 4.69) is 15.0 Å². The molecular formula is C13H13N5O4S. The maximum atomic E-state index is 11.9. The molecule has 0 spiro atoms. The number of sulfone groups is 1. The van der Waals surface area contributed by atoms with Crippen molar-refractivity contribution < 1.29 is 17.9 Å². The molecule has 120 valence electrons. The van der Waals surface area contributed by atoms with Gasteiger partial charge in [0.15, 0.2) is 15.8 Å². The lowest BCUT2D eigenvalue weighted by Crippen LogP contribution is -2.24. The van der Waals surface area contributed by atoms with Crippen LogP contribution in [0.1, 0.15) is 10.4 Å². The Labute approximate surface area is 131 Å². The molecule has 4 N–H and O–H groups in total. The second kappa shape index (κ2) is 6.40. The molecule has 2 aromatic rings. The van der Waals surface area contributed by atoms with E-state index in [-0.39, 0.29) is 22.1 Å². The zero-order valence-corrected chi connectivity index (χ0v) is 12.8. The fourth-order valence-electron chi connectivity index (χ4n) is 1.65. The van der Waals surface area contributed by atoms with Crippen LogP contribution < -0.4 is 16.2 Å². The molecule has 0 aliphatic carbocycles. The minimum Gasteiger partial charge on any atom is -0.436 e. The minimum absolute atomic E-state index is 0.00493. The van der Waals surface area contributed by atoms with Gasteiger partial charge in [-0.05, 0) is 18.2 Å². The van der Waals surface area contributed by atoms with Gasteiger partial charge in [-0.15, -0.1) is 0 Å². The van der Waals surface area contributed by atoms with Gasteiger partial charge in [-0.1, -0.05) is 0 Å². The molecule has 10 heteroatoms. The average molecular weight is 335 g/mol. The summed E-state index contributed by atoms with van der Waals surface area (Å²) in [5.41, 5.74) is 10.3. The Morgan fingerprint density at radius 3 is 2.57 bits per heavy atom. The van der Waals surface area contributed by atoms with E-state index in [1.165, 1.54) is 30.7 Å². The van der Waals surface area contributed by atoms with Crippen LogP contribution in [0.15, 0.2) is 46.7 Å². The van der Waals surface area contributed by atoms with Crippen molar-refractivity contribution in [1.29, 1.82) is 0 Å². The molecule has 0 saturated carbocycles. The summed E-state index contributed by atoms with van der Waals surface area (Å²) < 4.78 is 29.3. The molecule has 0 aliphatic rings. The van der Waals surface area contributed by atoms with E-state index in [1.807, 2.05) is 0 Å². The number of carbonyl (C=O) groups is 1. The lowest BCUT2D eigenvalue weighted by Gasteiger charge is -2.10. The number of aromatic nitrogens is 2. The topological polar surface area (TPSA) is 151 Å². The first kappa shape index (κ1) is 16.4. The lowest BCUT2D eigenvalue weighted by atomic mass is 10.2. The predicted molar refractivity (Wildman–Crippen MR) is 81.8 cm³/mol. The standard InChI is InChI=1S/C13H13N5O4S/c1-23(20,21)10-6-8(12(19)18-13(14)15)2-3-9(10)22-11-7-16-4-5-17-11/h2-7H,1H3,(H4,14,15,18,19). The Morgan fingerprint density at radius 1 is 1.26 bits per heavy atom. The van der Waals surface area contributed by atoms with Crippen molar-refractivity contribution in [3.05, 3.63) is 42.4 Å². The third kappa shape index (κ3) is 4.23. The summed E-state index contributed by atoms with van der Waals surface area (Å²) in [5.74, 6) is -1.06. The van der Waals surface area contributed by atoms with Crippen LogP contribution in [0.4, 0.5) is 0 Å². The molecule has 0 aliphatic heterocycles. The van der Waals surface area contributed by atoms with Crippen LogP contribution in [-0.4, -0.2) is 36.5 Å². The van der Waals surface area contributed by atoms with Gasteiger partial charge in [-0.2, -0.15) is 4.99 Å². The average Bonchev–Trinajstić information content (AvgIpc) is 2.46. The Hall–Kier alpha value is -3.01. The highest BCUT2D eigenvalue weighted by Crippen LogP contribution is 2.28. The number of hydrogen-bond donors (Lipinski definition) is 2. The number of guanidine groups is 1. The SMILES string of the molecule is CS(=O)(=O)c1cc(C(=O)N=C(N)N)ccc1Oc1cnccn1. The largest absolute Gasteiger partial charge is 0.436 e. The van der Waals surface area contributed by atoms with Gasteiger partial charge in [0.1, 0.15) is 10.6 Å². The van der Waals surface area contributed by atoms with Gasteiger partial charge in [0.2, 0.25) is 5.88 Å². The highest BCUT2D eigenvalue weighted by molar-refractivity contribution is 7.90. The number of carbonyl (C=O) groups excluding carboxylic acids is 1. The zero-order valence-electron chi connectivity index (χ0n) is 12.0. The minimum atomic E-state index is -3.67. The molecule has 0 unspecified atom stereocenters. The third-order valence-electron chi connectivity index (χ3n) is 2.57. The molecule has 23 heavy (non-hydrogen) atoms. The fourth-order valence-corrected chi connectivity index (χ4v) is 2.46. The second-order valence-corrected chi connectivity index (χ2v) is 6.41. The molecule has 1 heterocycles. The number of aliphatic imine (C=N–C) groups is 1. The van der Waals surface area contributed by atoms with Crippen molar-refractivity contribution in [3.8, 4) is 11.6 Å². The molecule has 2 rings (SSSR count). The molecule has 0 fully saturated rings. The van der Waals surface area contributed by atoms with Crippen molar-refractivity contribution in [2.45, 2.75) is 4.90 Å². The fraction of sp³-hybridized carbons (Fsp3) is 0.0769. The smallest absolute Gasteiger partial charge is 0.280 e. The van der Waals surface area contributed by atoms with Crippen LogP contribution in [0, 0.1) is 0 Å². The van der Waals surface area contributed by atoms with E-state index in [0.717, 1.165) is 12.3 Å². The summed E-state index contributed by atoms with van der Waals surface area (Å²) in [6.07, 6.45) is 5.15. The number of hydrogen-bond acceptors (Lipinski definition) is 6. The molecule has 0 saturated heterocycles. The quantitative estimate of drug-likeness (QED) is 0.589. The van der Waals surface area contributed by atoms with E-state index in [1.54, 1.807) is 0 Å². The highest BCUT2D eigenvalue weighted by Gasteiger charge is 2.19. The first-order valence-corrected chi connectivity index (χ1v) is 8.08.